The van der Waals surface area contributed by atoms with Gasteiger partial charge in [0, 0.05) is 29.5 Å². The Kier molecular flexibility index (Phi) is 4.63. The zero-order valence-electron chi connectivity index (χ0n) is 11.8. The molecule has 5 heteroatoms. The Labute approximate surface area is 119 Å². The maximum Gasteiger partial charge on any atom is 0.216 e. The van der Waals surface area contributed by atoms with E-state index in [0.717, 1.165) is 5.69 Å². The van der Waals surface area contributed by atoms with Crippen molar-refractivity contribution in [2.24, 2.45) is 11.8 Å². The van der Waals surface area contributed by atoms with Gasteiger partial charge in [0.1, 0.15) is 6.33 Å². The molecule has 2 rings (SSSR count). The van der Waals surface area contributed by atoms with Crippen molar-refractivity contribution in [2.45, 2.75) is 44.8 Å². The van der Waals surface area contributed by atoms with Crippen LogP contribution in [0.1, 0.15) is 26.5 Å². The summed E-state index contributed by atoms with van der Waals surface area (Å²) in [5, 5.41) is 0.00885. The fourth-order valence-electron chi connectivity index (χ4n) is 2.85. The molecule has 4 nitrogen and oxygen atoms in total. The Bertz CT molecular complexity index is 430. The number of rotatable bonds is 4. The summed E-state index contributed by atoms with van der Waals surface area (Å²) in [5.74, 6) is 1.38. The predicted molar refractivity (Wildman–Crippen MR) is 74.6 cm³/mol. The largest absolute Gasteiger partial charge is 0.481 e. The van der Waals surface area contributed by atoms with Gasteiger partial charge in [-0.1, -0.05) is 6.92 Å². The molecule has 5 unspecified atom stereocenters. The van der Waals surface area contributed by atoms with Gasteiger partial charge in [-0.3, -0.25) is 0 Å². The molecular weight excluding hydrogens is 264 g/mol. The van der Waals surface area contributed by atoms with Gasteiger partial charge in [0.2, 0.25) is 5.88 Å². The third-order valence-electron chi connectivity index (χ3n) is 4.05. The predicted octanol–water partition coefficient (Wildman–Crippen LogP) is 2.69. The number of alkyl halides is 1. The zero-order chi connectivity index (χ0) is 14.0. The molecule has 0 spiro atoms. The lowest BCUT2D eigenvalue weighted by Crippen LogP contribution is -2.29. The number of nitrogens with zero attached hydrogens (tertiary/aromatic N) is 2. The van der Waals surface area contributed by atoms with Crippen LogP contribution in [0.4, 0.5) is 0 Å². The van der Waals surface area contributed by atoms with Crippen LogP contribution in [0, 0.1) is 11.8 Å². The van der Waals surface area contributed by atoms with E-state index in [-0.39, 0.29) is 17.6 Å². The second-order valence-corrected chi connectivity index (χ2v) is 5.82. The van der Waals surface area contributed by atoms with Crippen LogP contribution in [-0.4, -0.2) is 34.7 Å². The molecule has 1 aliphatic heterocycles. The van der Waals surface area contributed by atoms with Crippen LogP contribution in [0.15, 0.2) is 12.4 Å². The van der Waals surface area contributed by atoms with Crippen LogP contribution >= 0.6 is 11.6 Å². The number of hydrogen-bond acceptors (Lipinski definition) is 4. The maximum absolute atomic E-state index is 6.59. The van der Waals surface area contributed by atoms with Crippen LogP contribution in [0.2, 0.25) is 0 Å². The zero-order valence-corrected chi connectivity index (χ0v) is 12.6. The van der Waals surface area contributed by atoms with E-state index >= 15 is 0 Å². The number of methoxy groups -OCH3 is 1. The van der Waals surface area contributed by atoms with E-state index < -0.39 is 0 Å². The summed E-state index contributed by atoms with van der Waals surface area (Å²) in [6.07, 6.45) is 2.67. The molecule has 0 amide bonds. The number of aromatic nitrogens is 2. The highest BCUT2D eigenvalue weighted by Crippen LogP contribution is 2.37. The Morgan fingerprint density at radius 1 is 1.32 bits per heavy atom. The van der Waals surface area contributed by atoms with Gasteiger partial charge >= 0.3 is 0 Å². The molecular formula is C14H21ClN2O2. The SMILES string of the molecule is COc1cc(CC(Cl)C2C(C)OC(C)C2C)ncn1. The van der Waals surface area contributed by atoms with Gasteiger partial charge in [-0.15, -0.1) is 11.6 Å². The van der Waals surface area contributed by atoms with Crippen molar-refractivity contribution in [3.8, 4) is 5.88 Å². The van der Waals surface area contributed by atoms with Crippen LogP contribution in [0.5, 0.6) is 5.88 Å². The van der Waals surface area contributed by atoms with Crippen molar-refractivity contribution in [2.75, 3.05) is 7.11 Å². The minimum atomic E-state index is 0.00885. The Morgan fingerprint density at radius 3 is 2.63 bits per heavy atom. The van der Waals surface area contributed by atoms with Crippen LogP contribution in [-0.2, 0) is 11.2 Å². The number of ether oxygens (including phenoxy) is 2. The first-order valence-corrected chi connectivity index (χ1v) is 7.11. The van der Waals surface area contributed by atoms with Gasteiger partial charge in [0.25, 0.3) is 0 Å². The van der Waals surface area contributed by atoms with Crippen molar-refractivity contribution in [3.05, 3.63) is 18.1 Å². The normalized spacial score (nSPS) is 32.3. The standard InChI is InChI=1S/C14H21ClN2O2/c1-8-9(2)19-10(3)14(8)12(15)5-11-6-13(18-4)17-7-16-11/h6-10,12,14H,5H2,1-4H3. The highest BCUT2D eigenvalue weighted by Gasteiger charge is 2.41. The topological polar surface area (TPSA) is 44.2 Å². The number of halogens is 1. The average molecular weight is 285 g/mol. The fourth-order valence-corrected chi connectivity index (χ4v) is 3.45. The van der Waals surface area contributed by atoms with E-state index in [0.29, 0.717) is 24.1 Å². The second-order valence-electron chi connectivity index (χ2n) is 5.25. The van der Waals surface area contributed by atoms with E-state index in [1.807, 2.05) is 6.07 Å². The minimum absolute atomic E-state index is 0.00885. The summed E-state index contributed by atoms with van der Waals surface area (Å²) >= 11 is 6.59. The first-order chi connectivity index (χ1) is 9.02. The van der Waals surface area contributed by atoms with Crippen LogP contribution in [0.25, 0.3) is 0 Å². The molecule has 5 atom stereocenters. The van der Waals surface area contributed by atoms with Gasteiger partial charge in [0.15, 0.2) is 0 Å². The van der Waals surface area contributed by atoms with E-state index in [9.17, 15) is 0 Å². The van der Waals surface area contributed by atoms with E-state index in [1.54, 1.807) is 7.11 Å². The monoisotopic (exact) mass is 284 g/mol. The lowest BCUT2D eigenvalue weighted by atomic mass is 9.85. The number of hydrogen-bond donors (Lipinski definition) is 0. The molecule has 0 radical (unpaired) electrons. The molecule has 0 aliphatic carbocycles. The Hall–Kier alpha value is -0.870. The van der Waals surface area contributed by atoms with Gasteiger partial charge in [-0.05, 0) is 19.8 Å². The quantitative estimate of drug-likeness (QED) is 0.798. The Balaban J connectivity index is 2.06. The molecule has 0 bridgehead atoms. The summed E-state index contributed by atoms with van der Waals surface area (Å²) in [4.78, 5) is 8.25. The van der Waals surface area contributed by atoms with E-state index in [4.69, 9.17) is 21.1 Å². The van der Waals surface area contributed by atoms with Crippen molar-refractivity contribution < 1.29 is 9.47 Å². The highest BCUT2D eigenvalue weighted by atomic mass is 35.5. The summed E-state index contributed by atoms with van der Waals surface area (Å²) < 4.78 is 11.0. The van der Waals surface area contributed by atoms with Gasteiger partial charge in [-0.2, -0.15) is 0 Å². The molecule has 0 aromatic carbocycles. The third-order valence-corrected chi connectivity index (χ3v) is 4.49. The van der Waals surface area contributed by atoms with Crippen LogP contribution < -0.4 is 4.74 Å². The van der Waals surface area contributed by atoms with E-state index in [2.05, 4.69) is 30.7 Å². The lowest BCUT2D eigenvalue weighted by molar-refractivity contribution is 0.0508. The molecule has 0 N–H and O–H groups in total. The molecule has 1 saturated heterocycles. The van der Waals surface area contributed by atoms with Gasteiger partial charge < -0.3 is 9.47 Å². The lowest BCUT2D eigenvalue weighted by Gasteiger charge is -2.23. The first-order valence-electron chi connectivity index (χ1n) is 6.67. The summed E-state index contributed by atoms with van der Waals surface area (Å²) in [7, 11) is 1.60. The summed E-state index contributed by atoms with van der Waals surface area (Å²) in [5.41, 5.74) is 0.908. The smallest absolute Gasteiger partial charge is 0.216 e. The average Bonchev–Trinajstić information content (AvgIpc) is 2.63. The highest BCUT2D eigenvalue weighted by molar-refractivity contribution is 6.21. The molecule has 1 fully saturated rings. The van der Waals surface area contributed by atoms with E-state index in [1.165, 1.54) is 6.33 Å². The van der Waals surface area contributed by atoms with Crippen molar-refractivity contribution >= 4 is 11.6 Å². The van der Waals surface area contributed by atoms with Crippen molar-refractivity contribution in [1.82, 2.24) is 9.97 Å². The third kappa shape index (κ3) is 3.18. The summed E-state index contributed by atoms with van der Waals surface area (Å²) in [6.45, 7) is 6.41. The molecule has 106 valence electrons. The van der Waals surface area contributed by atoms with Gasteiger partial charge in [-0.25, -0.2) is 9.97 Å². The molecule has 0 saturated carbocycles. The Morgan fingerprint density at radius 2 is 2.05 bits per heavy atom. The molecule has 2 heterocycles. The first kappa shape index (κ1) is 14.5. The minimum Gasteiger partial charge on any atom is -0.481 e. The molecule has 1 aromatic rings. The molecule has 19 heavy (non-hydrogen) atoms. The van der Waals surface area contributed by atoms with Crippen molar-refractivity contribution in [1.29, 1.82) is 0 Å². The van der Waals surface area contributed by atoms with Crippen molar-refractivity contribution in [3.63, 3.8) is 0 Å². The van der Waals surface area contributed by atoms with Gasteiger partial charge in [0.05, 0.1) is 19.3 Å². The van der Waals surface area contributed by atoms with Crippen LogP contribution in [0.3, 0.4) is 0 Å². The maximum atomic E-state index is 6.59. The summed E-state index contributed by atoms with van der Waals surface area (Å²) in [6, 6.07) is 1.84. The fraction of sp³-hybridized carbons (Fsp3) is 0.714. The molecule has 1 aliphatic rings. The molecule has 1 aromatic heterocycles. The second kappa shape index (κ2) is 6.06.